The van der Waals surface area contributed by atoms with E-state index in [0.717, 1.165) is 31.2 Å². The summed E-state index contributed by atoms with van der Waals surface area (Å²) in [6.45, 7) is 2.14. The Bertz CT molecular complexity index is 289. The molecule has 0 aliphatic heterocycles. The molecule has 0 aliphatic rings. The number of aromatic hydroxyl groups is 1. The molecule has 1 aromatic carbocycles. The third-order valence-electron chi connectivity index (χ3n) is 2.21. The summed E-state index contributed by atoms with van der Waals surface area (Å²) >= 11 is 0. The van der Waals surface area contributed by atoms with E-state index in [1.165, 1.54) is 0 Å². The van der Waals surface area contributed by atoms with Crippen molar-refractivity contribution in [1.82, 2.24) is 0 Å². The van der Waals surface area contributed by atoms with Crippen LogP contribution in [0.4, 0.5) is 0 Å². The fourth-order valence-corrected chi connectivity index (χ4v) is 1.42. The van der Waals surface area contributed by atoms with E-state index in [1.807, 2.05) is 18.2 Å². The molecule has 0 fully saturated rings. The monoisotopic (exact) mass is 190 g/mol. The van der Waals surface area contributed by atoms with Crippen molar-refractivity contribution >= 4 is 0 Å². The number of phenolic OH excluding ortho intramolecular Hbond substituents is 1. The summed E-state index contributed by atoms with van der Waals surface area (Å²) in [5.41, 5.74) is 1.05. The van der Waals surface area contributed by atoms with Crippen LogP contribution in [-0.4, -0.2) is 5.11 Å². The topological polar surface area (TPSA) is 20.2 Å². The molecule has 0 radical (unpaired) electrons. The molecule has 1 N–H and O–H groups in total. The third-order valence-corrected chi connectivity index (χ3v) is 2.21. The number of phenols is 1. The summed E-state index contributed by atoms with van der Waals surface area (Å²) in [6.07, 6.45) is 8.67. The Morgan fingerprint density at radius 1 is 1.21 bits per heavy atom. The molecule has 0 amide bonds. The van der Waals surface area contributed by atoms with Gasteiger partial charge in [0.05, 0.1) is 0 Å². The van der Waals surface area contributed by atoms with E-state index in [2.05, 4.69) is 19.1 Å². The van der Waals surface area contributed by atoms with E-state index < -0.39 is 0 Å². The maximum absolute atomic E-state index is 9.50. The number of aryl methyl sites for hydroxylation is 1. The summed E-state index contributed by atoms with van der Waals surface area (Å²) in [6, 6.07) is 7.56. The number of hydrogen-bond acceptors (Lipinski definition) is 1. The van der Waals surface area contributed by atoms with Gasteiger partial charge in [0, 0.05) is 0 Å². The first-order valence-corrected chi connectivity index (χ1v) is 5.26. The molecule has 1 nitrogen and oxygen atoms in total. The Hall–Kier alpha value is -1.24. The summed E-state index contributed by atoms with van der Waals surface area (Å²) in [5, 5.41) is 9.50. The summed E-state index contributed by atoms with van der Waals surface area (Å²) in [5.74, 6) is 0.423. The minimum atomic E-state index is 0.423. The predicted molar refractivity (Wildman–Crippen MR) is 60.5 cm³/mol. The number of rotatable bonds is 5. The third kappa shape index (κ3) is 3.65. The van der Waals surface area contributed by atoms with Gasteiger partial charge in [-0.1, -0.05) is 37.3 Å². The van der Waals surface area contributed by atoms with Crippen LogP contribution in [0.1, 0.15) is 31.7 Å². The summed E-state index contributed by atoms with van der Waals surface area (Å²) < 4.78 is 0. The lowest BCUT2D eigenvalue weighted by Gasteiger charge is -2.01. The van der Waals surface area contributed by atoms with Crippen molar-refractivity contribution < 1.29 is 5.11 Å². The highest BCUT2D eigenvalue weighted by Gasteiger charge is 1.97. The first-order valence-electron chi connectivity index (χ1n) is 5.26. The van der Waals surface area contributed by atoms with Crippen molar-refractivity contribution in [3.8, 4) is 5.75 Å². The maximum atomic E-state index is 9.50. The standard InChI is InChI=1S/C13H18O/c1-2-3-4-5-6-9-12-10-7-8-11-13(12)14/h3-4,7-8,10-11,14H,2,5-6,9H2,1H3. The van der Waals surface area contributed by atoms with Gasteiger partial charge >= 0.3 is 0 Å². The molecule has 0 atom stereocenters. The Labute approximate surface area is 86.1 Å². The summed E-state index contributed by atoms with van der Waals surface area (Å²) in [7, 11) is 0. The zero-order chi connectivity index (χ0) is 10.2. The fourth-order valence-electron chi connectivity index (χ4n) is 1.42. The molecule has 0 aliphatic carbocycles. The largest absolute Gasteiger partial charge is 0.508 e. The average molecular weight is 190 g/mol. The summed E-state index contributed by atoms with van der Waals surface area (Å²) in [4.78, 5) is 0. The molecule has 0 bridgehead atoms. The van der Waals surface area contributed by atoms with Crippen molar-refractivity contribution in [2.24, 2.45) is 0 Å². The molecule has 0 saturated carbocycles. The first-order chi connectivity index (χ1) is 6.84. The predicted octanol–water partition coefficient (Wildman–Crippen LogP) is 3.68. The molecule has 0 heterocycles. The number of benzene rings is 1. The number of allylic oxidation sites excluding steroid dienone is 2. The van der Waals surface area contributed by atoms with Crippen LogP contribution in [0.5, 0.6) is 5.75 Å². The maximum Gasteiger partial charge on any atom is 0.118 e. The van der Waals surface area contributed by atoms with Crippen LogP contribution in [0.15, 0.2) is 36.4 Å². The van der Waals surface area contributed by atoms with Gasteiger partial charge in [-0.2, -0.15) is 0 Å². The molecule has 0 saturated heterocycles. The lowest BCUT2D eigenvalue weighted by molar-refractivity contribution is 0.467. The lowest BCUT2D eigenvalue weighted by Crippen LogP contribution is -1.84. The van der Waals surface area contributed by atoms with Gasteiger partial charge in [0.2, 0.25) is 0 Å². The molecule has 1 aromatic rings. The Morgan fingerprint density at radius 2 is 2.00 bits per heavy atom. The first kappa shape index (κ1) is 10.8. The van der Waals surface area contributed by atoms with E-state index in [9.17, 15) is 5.11 Å². The van der Waals surface area contributed by atoms with Crippen molar-refractivity contribution in [3.63, 3.8) is 0 Å². The normalized spacial score (nSPS) is 10.9. The second-order valence-corrected chi connectivity index (χ2v) is 3.40. The molecule has 76 valence electrons. The van der Waals surface area contributed by atoms with Gasteiger partial charge < -0.3 is 5.11 Å². The quantitative estimate of drug-likeness (QED) is 0.554. The number of hydrogen-bond donors (Lipinski definition) is 1. The highest BCUT2D eigenvalue weighted by atomic mass is 16.3. The van der Waals surface area contributed by atoms with E-state index >= 15 is 0 Å². The van der Waals surface area contributed by atoms with Crippen LogP contribution in [0.25, 0.3) is 0 Å². The molecular formula is C13H18O. The fraction of sp³-hybridized carbons (Fsp3) is 0.385. The van der Waals surface area contributed by atoms with Gasteiger partial charge in [-0.05, 0) is 37.3 Å². The second kappa shape index (κ2) is 6.25. The zero-order valence-electron chi connectivity index (χ0n) is 8.74. The molecular weight excluding hydrogens is 172 g/mol. The minimum Gasteiger partial charge on any atom is -0.508 e. The second-order valence-electron chi connectivity index (χ2n) is 3.40. The highest BCUT2D eigenvalue weighted by molar-refractivity contribution is 5.31. The van der Waals surface area contributed by atoms with Crippen molar-refractivity contribution in [2.75, 3.05) is 0 Å². The van der Waals surface area contributed by atoms with Gasteiger partial charge in [0.1, 0.15) is 5.75 Å². The van der Waals surface area contributed by atoms with Crippen molar-refractivity contribution in [1.29, 1.82) is 0 Å². The molecule has 1 rings (SSSR count). The van der Waals surface area contributed by atoms with Crippen LogP contribution in [0, 0.1) is 0 Å². The van der Waals surface area contributed by atoms with E-state index in [-0.39, 0.29) is 0 Å². The number of unbranched alkanes of at least 4 members (excludes halogenated alkanes) is 1. The molecule has 0 spiro atoms. The van der Waals surface area contributed by atoms with Crippen molar-refractivity contribution in [2.45, 2.75) is 32.6 Å². The van der Waals surface area contributed by atoms with E-state index in [0.29, 0.717) is 5.75 Å². The van der Waals surface area contributed by atoms with Gasteiger partial charge in [-0.3, -0.25) is 0 Å². The Balaban J connectivity index is 2.31. The Morgan fingerprint density at radius 3 is 2.71 bits per heavy atom. The van der Waals surface area contributed by atoms with Crippen LogP contribution in [0.2, 0.25) is 0 Å². The van der Waals surface area contributed by atoms with Crippen LogP contribution >= 0.6 is 0 Å². The van der Waals surface area contributed by atoms with Gasteiger partial charge in [0.15, 0.2) is 0 Å². The number of para-hydroxylation sites is 1. The van der Waals surface area contributed by atoms with Crippen LogP contribution in [0.3, 0.4) is 0 Å². The van der Waals surface area contributed by atoms with Gasteiger partial charge in [-0.15, -0.1) is 0 Å². The SMILES string of the molecule is CCC=CCCCc1ccccc1O. The minimum absolute atomic E-state index is 0.423. The molecule has 0 aromatic heterocycles. The Kier molecular flexibility index (Phi) is 4.84. The van der Waals surface area contributed by atoms with Gasteiger partial charge in [0.25, 0.3) is 0 Å². The van der Waals surface area contributed by atoms with E-state index in [1.54, 1.807) is 6.07 Å². The molecule has 1 heteroatoms. The average Bonchev–Trinajstić information content (AvgIpc) is 2.20. The van der Waals surface area contributed by atoms with Crippen LogP contribution in [-0.2, 0) is 6.42 Å². The van der Waals surface area contributed by atoms with Gasteiger partial charge in [-0.25, -0.2) is 0 Å². The smallest absolute Gasteiger partial charge is 0.118 e. The highest BCUT2D eigenvalue weighted by Crippen LogP contribution is 2.17. The zero-order valence-corrected chi connectivity index (χ0v) is 8.74. The molecule has 0 unspecified atom stereocenters. The van der Waals surface area contributed by atoms with E-state index in [4.69, 9.17) is 0 Å². The van der Waals surface area contributed by atoms with Crippen molar-refractivity contribution in [3.05, 3.63) is 42.0 Å². The molecule has 14 heavy (non-hydrogen) atoms. The van der Waals surface area contributed by atoms with Crippen LogP contribution < -0.4 is 0 Å². The lowest BCUT2D eigenvalue weighted by atomic mass is 10.1.